The Hall–Kier alpha value is -1.78. The Kier molecular flexibility index (Phi) is 2.43. The molecule has 1 saturated carbocycles. The van der Waals surface area contributed by atoms with Crippen molar-refractivity contribution in [2.45, 2.75) is 32.1 Å². The molecular formula is C13H19N5. The Morgan fingerprint density at radius 2 is 2.11 bits per heavy atom. The van der Waals surface area contributed by atoms with E-state index in [1.54, 1.807) is 0 Å². The summed E-state index contributed by atoms with van der Waals surface area (Å²) < 4.78 is 3.86. The molecule has 0 spiro atoms. The minimum Gasteiger partial charge on any atom is -0.383 e. The largest absolute Gasteiger partial charge is 0.383 e. The van der Waals surface area contributed by atoms with E-state index >= 15 is 0 Å². The third-order valence-electron chi connectivity index (χ3n) is 3.61. The molecule has 3 rings (SSSR count). The molecular weight excluding hydrogens is 226 g/mol. The molecule has 5 nitrogen and oxygen atoms in total. The summed E-state index contributed by atoms with van der Waals surface area (Å²) >= 11 is 0. The molecule has 0 atom stereocenters. The second-order valence-corrected chi connectivity index (χ2v) is 5.05. The monoisotopic (exact) mass is 245 g/mol. The smallest absolute Gasteiger partial charge is 0.131 e. The molecule has 2 aromatic heterocycles. The van der Waals surface area contributed by atoms with Gasteiger partial charge in [0.05, 0.1) is 5.69 Å². The van der Waals surface area contributed by atoms with Crippen molar-refractivity contribution in [1.82, 2.24) is 19.3 Å². The summed E-state index contributed by atoms with van der Waals surface area (Å²) in [7, 11) is 3.94. The van der Waals surface area contributed by atoms with Gasteiger partial charge in [-0.25, -0.2) is 4.98 Å². The standard InChI is InChI=1S/C13H19N5/c1-4-10-9(7-17(2)16-10)11-12(14)18(3)13(15-11)8-5-6-8/h7-8H,4-6,14H2,1-3H3. The third kappa shape index (κ3) is 1.62. The average molecular weight is 245 g/mol. The molecule has 2 heterocycles. The molecule has 0 radical (unpaired) electrons. The molecule has 0 amide bonds. The number of imidazole rings is 1. The van der Waals surface area contributed by atoms with Crippen LogP contribution in [0, 0.1) is 0 Å². The van der Waals surface area contributed by atoms with E-state index in [-0.39, 0.29) is 0 Å². The van der Waals surface area contributed by atoms with Gasteiger partial charge in [0.25, 0.3) is 0 Å². The zero-order valence-corrected chi connectivity index (χ0v) is 11.1. The first kappa shape index (κ1) is 11.3. The van der Waals surface area contributed by atoms with E-state index < -0.39 is 0 Å². The highest BCUT2D eigenvalue weighted by molar-refractivity contribution is 5.72. The summed E-state index contributed by atoms with van der Waals surface area (Å²) in [5.74, 6) is 2.47. The lowest BCUT2D eigenvalue weighted by Gasteiger charge is -2.00. The van der Waals surface area contributed by atoms with Crippen LogP contribution in [0.3, 0.4) is 0 Å². The summed E-state index contributed by atoms with van der Waals surface area (Å²) in [6.07, 6.45) is 5.37. The van der Waals surface area contributed by atoms with Gasteiger partial charge in [0, 0.05) is 31.8 Å². The molecule has 2 aromatic rings. The van der Waals surface area contributed by atoms with Crippen molar-refractivity contribution >= 4 is 5.82 Å². The van der Waals surface area contributed by atoms with Gasteiger partial charge in [0.1, 0.15) is 17.3 Å². The fourth-order valence-corrected chi connectivity index (χ4v) is 2.43. The van der Waals surface area contributed by atoms with Crippen molar-refractivity contribution in [3.8, 4) is 11.3 Å². The van der Waals surface area contributed by atoms with Crippen LogP contribution in [-0.4, -0.2) is 19.3 Å². The van der Waals surface area contributed by atoms with Crippen molar-refractivity contribution in [2.75, 3.05) is 5.73 Å². The van der Waals surface area contributed by atoms with Crippen LogP contribution < -0.4 is 5.73 Å². The Balaban J connectivity index is 2.13. The lowest BCUT2D eigenvalue weighted by molar-refractivity contribution is 0.746. The van der Waals surface area contributed by atoms with E-state index in [1.807, 2.05) is 29.5 Å². The molecule has 96 valence electrons. The zero-order chi connectivity index (χ0) is 12.9. The van der Waals surface area contributed by atoms with Gasteiger partial charge in [-0.05, 0) is 19.3 Å². The fourth-order valence-electron chi connectivity index (χ4n) is 2.43. The number of rotatable bonds is 3. The first-order chi connectivity index (χ1) is 8.61. The number of nitrogens with zero attached hydrogens (tertiary/aromatic N) is 4. The Labute approximate surface area is 107 Å². The van der Waals surface area contributed by atoms with Crippen LogP contribution in [0.2, 0.25) is 0 Å². The first-order valence-corrected chi connectivity index (χ1v) is 6.46. The van der Waals surface area contributed by atoms with Gasteiger partial charge in [0.15, 0.2) is 0 Å². The molecule has 0 saturated heterocycles. The molecule has 0 aromatic carbocycles. The number of hydrogen-bond donors (Lipinski definition) is 1. The summed E-state index contributed by atoms with van der Waals surface area (Å²) in [5.41, 5.74) is 9.22. The highest BCUT2D eigenvalue weighted by atomic mass is 15.3. The van der Waals surface area contributed by atoms with E-state index in [1.165, 1.54) is 12.8 Å². The van der Waals surface area contributed by atoms with Gasteiger partial charge < -0.3 is 10.3 Å². The van der Waals surface area contributed by atoms with Crippen molar-refractivity contribution in [3.63, 3.8) is 0 Å². The van der Waals surface area contributed by atoms with E-state index in [9.17, 15) is 0 Å². The number of aromatic nitrogens is 4. The molecule has 1 fully saturated rings. The molecule has 0 bridgehead atoms. The van der Waals surface area contributed by atoms with Crippen LogP contribution in [-0.2, 0) is 20.5 Å². The van der Waals surface area contributed by atoms with E-state index in [0.717, 1.165) is 35.0 Å². The van der Waals surface area contributed by atoms with E-state index in [0.29, 0.717) is 5.92 Å². The SMILES string of the molecule is CCc1nn(C)cc1-c1nc(C2CC2)n(C)c1N. The normalized spacial score (nSPS) is 15.3. The van der Waals surface area contributed by atoms with Crippen LogP contribution in [0.25, 0.3) is 11.3 Å². The molecule has 18 heavy (non-hydrogen) atoms. The topological polar surface area (TPSA) is 61.7 Å². The van der Waals surface area contributed by atoms with Crippen molar-refractivity contribution < 1.29 is 0 Å². The Morgan fingerprint density at radius 3 is 2.72 bits per heavy atom. The van der Waals surface area contributed by atoms with Gasteiger partial charge in [-0.3, -0.25) is 4.68 Å². The molecule has 1 aliphatic carbocycles. The van der Waals surface area contributed by atoms with Gasteiger partial charge in [-0.2, -0.15) is 5.10 Å². The second kappa shape index (κ2) is 3.86. The molecule has 0 unspecified atom stereocenters. The Bertz CT molecular complexity index is 589. The molecule has 1 aliphatic rings. The van der Waals surface area contributed by atoms with Gasteiger partial charge >= 0.3 is 0 Å². The van der Waals surface area contributed by atoms with Gasteiger partial charge in [-0.1, -0.05) is 6.92 Å². The first-order valence-electron chi connectivity index (χ1n) is 6.46. The highest BCUT2D eigenvalue weighted by Crippen LogP contribution is 2.42. The number of aryl methyl sites for hydroxylation is 2. The minimum absolute atomic E-state index is 0.604. The number of hydrogen-bond acceptors (Lipinski definition) is 3. The van der Waals surface area contributed by atoms with Crippen LogP contribution in [0.15, 0.2) is 6.20 Å². The third-order valence-corrected chi connectivity index (χ3v) is 3.61. The average Bonchev–Trinajstić information content (AvgIpc) is 3.06. The Morgan fingerprint density at radius 1 is 1.39 bits per heavy atom. The molecule has 5 heteroatoms. The van der Waals surface area contributed by atoms with Crippen molar-refractivity contribution in [3.05, 3.63) is 17.7 Å². The van der Waals surface area contributed by atoms with Crippen LogP contribution in [0.4, 0.5) is 5.82 Å². The van der Waals surface area contributed by atoms with Gasteiger partial charge in [0.2, 0.25) is 0 Å². The predicted molar refractivity (Wildman–Crippen MR) is 71.2 cm³/mol. The van der Waals surface area contributed by atoms with Crippen molar-refractivity contribution in [2.24, 2.45) is 14.1 Å². The lowest BCUT2D eigenvalue weighted by atomic mass is 10.1. The summed E-state index contributed by atoms with van der Waals surface area (Å²) in [6, 6.07) is 0. The fraction of sp³-hybridized carbons (Fsp3) is 0.538. The van der Waals surface area contributed by atoms with Crippen LogP contribution in [0.5, 0.6) is 0 Å². The molecule has 2 N–H and O–H groups in total. The maximum atomic E-state index is 6.20. The van der Waals surface area contributed by atoms with E-state index in [2.05, 4.69) is 12.0 Å². The summed E-state index contributed by atoms with van der Waals surface area (Å²) in [4.78, 5) is 4.75. The zero-order valence-electron chi connectivity index (χ0n) is 11.1. The number of anilines is 1. The maximum absolute atomic E-state index is 6.20. The number of nitrogens with two attached hydrogens (primary N) is 1. The number of nitrogen functional groups attached to an aromatic ring is 1. The van der Waals surface area contributed by atoms with Gasteiger partial charge in [-0.15, -0.1) is 0 Å². The van der Waals surface area contributed by atoms with Crippen LogP contribution >= 0.6 is 0 Å². The van der Waals surface area contributed by atoms with Crippen molar-refractivity contribution in [1.29, 1.82) is 0 Å². The van der Waals surface area contributed by atoms with Crippen LogP contribution in [0.1, 0.15) is 37.2 Å². The highest BCUT2D eigenvalue weighted by Gasteiger charge is 2.30. The summed E-state index contributed by atoms with van der Waals surface area (Å²) in [6.45, 7) is 2.10. The quantitative estimate of drug-likeness (QED) is 0.897. The minimum atomic E-state index is 0.604. The van der Waals surface area contributed by atoms with E-state index in [4.69, 9.17) is 10.7 Å². The predicted octanol–water partition coefficient (Wildman–Crippen LogP) is 1.84. The lowest BCUT2D eigenvalue weighted by Crippen LogP contribution is -2.00. The second-order valence-electron chi connectivity index (χ2n) is 5.05. The summed E-state index contributed by atoms with van der Waals surface area (Å²) in [5, 5.41) is 4.46. The maximum Gasteiger partial charge on any atom is 0.131 e. The molecule has 0 aliphatic heterocycles.